The van der Waals surface area contributed by atoms with Gasteiger partial charge in [0.2, 0.25) is 0 Å². The Hall–Kier alpha value is -1.07. The van der Waals surface area contributed by atoms with Crippen LogP contribution in [0.25, 0.3) is 0 Å². The second kappa shape index (κ2) is 4.97. The Labute approximate surface area is 86.1 Å². The number of aliphatic hydroxyl groups is 1. The molecule has 0 aliphatic carbocycles. The number of nitrogens with zero attached hydrogens (tertiary/aromatic N) is 1. The summed E-state index contributed by atoms with van der Waals surface area (Å²) in [5, 5.41) is 19.2. The van der Waals surface area contributed by atoms with Crippen LogP contribution in [-0.4, -0.2) is 22.4 Å². The van der Waals surface area contributed by atoms with Gasteiger partial charge in [0.05, 0.1) is 11.5 Å². The highest BCUT2D eigenvalue weighted by molar-refractivity contribution is 7.99. The smallest absolute Gasteiger partial charge is 0.273 e. The van der Waals surface area contributed by atoms with E-state index in [1.165, 1.54) is 17.8 Å². The molecule has 5 heteroatoms. The third-order valence-corrected chi connectivity index (χ3v) is 2.94. The van der Waals surface area contributed by atoms with Gasteiger partial charge in [-0.2, -0.15) is 0 Å². The van der Waals surface area contributed by atoms with Crippen LogP contribution in [0, 0.1) is 17.0 Å². The van der Waals surface area contributed by atoms with Crippen LogP contribution in [-0.2, 0) is 0 Å². The summed E-state index contributed by atoms with van der Waals surface area (Å²) in [5.74, 6) is 0.558. The second-order valence-electron chi connectivity index (χ2n) is 2.73. The topological polar surface area (TPSA) is 63.4 Å². The molecule has 1 rings (SSSR count). The third-order valence-electron chi connectivity index (χ3n) is 1.80. The first-order valence-electron chi connectivity index (χ1n) is 4.14. The van der Waals surface area contributed by atoms with Gasteiger partial charge in [0.1, 0.15) is 0 Å². The number of benzene rings is 1. The van der Waals surface area contributed by atoms with Crippen molar-refractivity contribution in [2.45, 2.75) is 11.8 Å². The molecule has 0 bridgehead atoms. The monoisotopic (exact) mass is 213 g/mol. The van der Waals surface area contributed by atoms with Gasteiger partial charge in [0, 0.05) is 22.3 Å². The van der Waals surface area contributed by atoms with E-state index >= 15 is 0 Å². The number of thioether (sulfide) groups is 1. The molecular formula is C9H11NO3S. The molecule has 76 valence electrons. The van der Waals surface area contributed by atoms with Crippen LogP contribution in [0.4, 0.5) is 5.69 Å². The number of nitro groups is 1. The van der Waals surface area contributed by atoms with Crippen molar-refractivity contribution in [3.05, 3.63) is 33.9 Å². The Kier molecular flexibility index (Phi) is 3.91. The van der Waals surface area contributed by atoms with Gasteiger partial charge in [-0.25, -0.2) is 0 Å². The Morgan fingerprint density at radius 1 is 1.57 bits per heavy atom. The van der Waals surface area contributed by atoms with E-state index in [0.717, 1.165) is 4.90 Å². The van der Waals surface area contributed by atoms with E-state index in [4.69, 9.17) is 5.11 Å². The highest BCUT2D eigenvalue weighted by Crippen LogP contribution is 2.28. The Morgan fingerprint density at radius 2 is 2.29 bits per heavy atom. The molecule has 1 aromatic carbocycles. The highest BCUT2D eigenvalue weighted by Gasteiger charge is 2.12. The van der Waals surface area contributed by atoms with Gasteiger partial charge in [-0.3, -0.25) is 10.1 Å². The van der Waals surface area contributed by atoms with Gasteiger partial charge in [-0.15, -0.1) is 11.8 Å². The van der Waals surface area contributed by atoms with Crippen molar-refractivity contribution in [2.24, 2.45) is 0 Å². The zero-order valence-electron chi connectivity index (χ0n) is 7.77. The fraction of sp³-hybridized carbons (Fsp3) is 0.333. The lowest BCUT2D eigenvalue weighted by Gasteiger charge is -2.04. The molecular weight excluding hydrogens is 202 g/mol. The molecule has 0 saturated carbocycles. The summed E-state index contributed by atoms with van der Waals surface area (Å²) in [7, 11) is 0. The molecule has 0 aliphatic heterocycles. The van der Waals surface area contributed by atoms with E-state index in [2.05, 4.69) is 0 Å². The number of rotatable bonds is 4. The first kappa shape index (κ1) is 11.0. The van der Waals surface area contributed by atoms with Crippen molar-refractivity contribution < 1.29 is 10.0 Å². The fourth-order valence-electron chi connectivity index (χ4n) is 1.11. The van der Waals surface area contributed by atoms with Crippen LogP contribution in [0.2, 0.25) is 0 Å². The molecule has 0 fully saturated rings. The molecule has 0 atom stereocenters. The Bertz CT molecular complexity index is 341. The maximum Gasteiger partial charge on any atom is 0.273 e. The average molecular weight is 213 g/mol. The predicted molar refractivity (Wildman–Crippen MR) is 55.6 cm³/mol. The van der Waals surface area contributed by atoms with Crippen molar-refractivity contribution in [1.29, 1.82) is 0 Å². The Balaban J connectivity index is 2.95. The lowest BCUT2D eigenvalue weighted by atomic mass is 10.2. The van der Waals surface area contributed by atoms with Crippen molar-refractivity contribution in [3.63, 3.8) is 0 Å². The second-order valence-corrected chi connectivity index (χ2v) is 3.87. The minimum Gasteiger partial charge on any atom is -0.396 e. The summed E-state index contributed by atoms with van der Waals surface area (Å²) >= 11 is 1.42. The molecule has 0 saturated heterocycles. The van der Waals surface area contributed by atoms with Crippen molar-refractivity contribution in [3.8, 4) is 0 Å². The minimum absolute atomic E-state index is 0.0762. The van der Waals surface area contributed by atoms with Crippen LogP contribution in [0.5, 0.6) is 0 Å². The standard InChI is InChI=1S/C9H11NO3S/c1-7-8(10(12)13)3-2-4-9(7)14-6-5-11/h2-4,11H,5-6H2,1H3. The Morgan fingerprint density at radius 3 is 2.86 bits per heavy atom. The quantitative estimate of drug-likeness (QED) is 0.472. The molecule has 1 aromatic rings. The van der Waals surface area contributed by atoms with Gasteiger partial charge >= 0.3 is 0 Å². The molecule has 0 unspecified atom stereocenters. The zero-order valence-corrected chi connectivity index (χ0v) is 8.58. The first-order chi connectivity index (χ1) is 6.66. The summed E-state index contributed by atoms with van der Waals surface area (Å²) in [4.78, 5) is 11.1. The molecule has 0 spiro atoms. The molecule has 4 nitrogen and oxygen atoms in total. The van der Waals surface area contributed by atoms with E-state index in [0.29, 0.717) is 11.3 Å². The minimum atomic E-state index is -0.391. The van der Waals surface area contributed by atoms with Gasteiger partial charge in [-0.05, 0) is 13.0 Å². The fourth-order valence-corrected chi connectivity index (χ4v) is 1.92. The predicted octanol–water partition coefficient (Wildman–Crippen LogP) is 1.99. The lowest BCUT2D eigenvalue weighted by Crippen LogP contribution is -1.94. The molecule has 14 heavy (non-hydrogen) atoms. The molecule has 0 aromatic heterocycles. The van der Waals surface area contributed by atoms with Crippen molar-refractivity contribution in [2.75, 3.05) is 12.4 Å². The van der Waals surface area contributed by atoms with Crippen LogP contribution in [0.1, 0.15) is 5.56 Å². The lowest BCUT2D eigenvalue weighted by molar-refractivity contribution is -0.385. The van der Waals surface area contributed by atoms with Crippen LogP contribution < -0.4 is 0 Å². The maximum atomic E-state index is 10.6. The number of aliphatic hydroxyl groups excluding tert-OH is 1. The first-order valence-corrected chi connectivity index (χ1v) is 5.13. The zero-order chi connectivity index (χ0) is 10.6. The molecule has 0 amide bonds. The largest absolute Gasteiger partial charge is 0.396 e. The van der Waals surface area contributed by atoms with Crippen molar-refractivity contribution >= 4 is 17.4 Å². The highest BCUT2D eigenvalue weighted by atomic mass is 32.2. The summed E-state index contributed by atoms with van der Waals surface area (Å²) in [5.41, 5.74) is 0.795. The summed E-state index contributed by atoms with van der Waals surface area (Å²) < 4.78 is 0. The van der Waals surface area contributed by atoms with E-state index in [1.807, 2.05) is 6.07 Å². The van der Waals surface area contributed by atoms with Crippen LogP contribution in [0.3, 0.4) is 0 Å². The van der Waals surface area contributed by atoms with Gasteiger partial charge < -0.3 is 5.11 Å². The summed E-state index contributed by atoms with van der Waals surface area (Å²) in [6.45, 7) is 1.80. The SMILES string of the molecule is Cc1c(SCCO)cccc1[N+](=O)[O-]. The number of hydrogen-bond donors (Lipinski definition) is 1. The van der Waals surface area contributed by atoms with Gasteiger partial charge in [0.25, 0.3) is 5.69 Å². The molecule has 0 aliphatic rings. The normalized spacial score (nSPS) is 10.1. The summed E-state index contributed by atoms with van der Waals surface area (Å²) in [6.07, 6.45) is 0. The van der Waals surface area contributed by atoms with Gasteiger partial charge in [0.15, 0.2) is 0 Å². The van der Waals surface area contributed by atoms with Crippen LogP contribution >= 0.6 is 11.8 Å². The molecule has 0 heterocycles. The van der Waals surface area contributed by atoms with Gasteiger partial charge in [-0.1, -0.05) is 6.07 Å². The van der Waals surface area contributed by atoms with E-state index in [1.54, 1.807) is 13.0 Å². The molecule has 1 N–H and O–H groups in total. The maximum absolute atomic E-state index is 10.6. The number of hydrogen-bond acceptors (Lipinski definition) is 4. The average Bonchev–Trinajstić information content (AvgIpc) is 2.16. The van der Waals surface area contributed by atoms with E-state index in [9.17, 15) is 10.1 Å². The van der Waals surface area contributed by atoms with E-state index < -0.39 is 4.92 Å². The van der Waals surface area contributed by atoms with Crippen molar-refractivity contribution in [1.82, 2.24) is 0 Å². The van der Waals surface area contributed by atoms with Crippen LogP contribution in [0.15, 0.2) is 23.1 Å². The third kappa shape index (κ3) is 2.46. The summed E-state index contributed by atoms with van der Waals surface area (Å²) in [6, 6.07) is 4.96. The van der Waals surface area contributed by atoms with E-state index in [-0.39, 0.29) is 12.3 Å². The molecule has 0 radical (unpaired) electrons. The number of nitro benzene ring substituents is 1.